The molecule has 0 bridgehead atoms. The minimum atomic E-state index is -0.982. The topological polar surface area (TPSA) is 90.2 Å². The normalized spacial score (nSPS) is 10.5. The van der Waals surface area contributed by atoms with E-state index in [0.29, 0.717) is 0 Å². The van der Waals surface area contributed by atoms with E-state index < -0.39 is 10.5 Å². The van der Waals surface area contributed by atoms with Crippen LogP contribution in [0.5, 0.6) is 5.88 Å². The summed E-state index contributed by atoms with van der Waals surface area (Å²) in [5.41, 5.74) is -1.32. The van der Waals surface area contributed by atoms with Crippen LogP contribution in [0.25, 0.3) is 0 Å². The first-order valence-electron chi connectivity index (χ1n) is 4.75. The van der Waals surface area contributed by atoms with Crippen LogP contribution < -0.4 is 10.1 Å². The second-order valence-electron chi connectivity index (χ2n) is 3.64. The van der Waals surface area contributed by atoms with Gasteiger partial charge in [0.2, 0.25) is 5.82 Å². The van der Waals surface area contributed by atoms with Crippen LogP contribution in [-0.2, 0) is 0 Å². The fourth-order valence-electron chi connectivity index (χ4n) is 1.06. The summed E-state index contributed by atoms with van der Waals surface area (Å²) in [6.45, 7) is 3.22. The summed E-state index contributed by atoms with van der Waals surface area (Å²) < 4.78 is 5.32. The Morgan fingerprint density at radius 1 is 1.59 bits per heavy atom. The predicted octanol–water partition coefficient (Wildman–Crippen LogP) is 1.22. The summed E-state index contributed by atoms with van der Waals surface area (Å²) >= 11 is 0. The van der Waals surface area contributed by atoms with Gasteiger partial charge in [0.1, 0.15) is 6.33 Å². The number of hydrogen-bond acceptors (Lipinski definition) is 6. The zero-order chi connectivity index (χ0) is 13.1. The van der Waals surface area contributed by atoms with E-state index in [2.05, 4.69) is 21.2 Å². The van der Waals surface area contributed by atoms with Gasteiger partial charge in [-0.05, 0) is 13.8 Å². The standard InChI is InChI=1S/C10H12N4O3/c1-5-10(2,3)17-9-7(14(15)16)8(11-4)12-6-13-9/h1,6H,2-4H3,(H,11,12,13). The monoisotopic (exact) mass is 236 g/mol. The third-order valence-electron chi connectivity index (χ3n) is 1.91. The second kappa shape index (κ2) is 4.65. The maximum Gasteiger partial charge on any atom is 0.372 e. The van der Waals surface area contributed by atoms with Gasteiger partial charge in [-0.1, -0.05) is 5.92 Å². The van der Waals surface area contributed by atoms with Crippen LogP contribution in [0.2, 0.25) is 0 Å². The van der Waals surface area contributed by atoms with E-state index in [0.717, 1.165) is 0 Å². The zero-order valence-electron chi connectivity index (χ0n) is 9.72. The summed E-state index contributed by atoms with van der Waals surface area (Å²) in [6, 6.07) is 0. The molecule has 0 spiro atoms. The lowest BCUT2D eigenvalue weighted by molar-refractivity contribution is -0.385. The van der Waals surface area contributed by atoms with Crippen molar-refractivity contribution in [3.8, 4) is 18.2 Å². The molecule has 1 heterocycles. The Balaban J connectivity index is 3.25. The predicted molar refractivity (Wildman–Crippen MR) is 61.8 cm³/mol. The molecule has 17 heavy (non-hydrogen) atoms. The summed E-state index contributed by atoms with van der Waals surface area (Å²) in [7, 11) is 1.52. The minimum Gasteiger partial charge on any atom is -0.453 e. The van der Waals surface area contributed by atoms with Crippen molar-refractivity contribution in [2.24, 2.45) is 0 Å². The van der Waals surface area contributed by atoms with Crippen LogP contribution in [0.4, 0.5) is 11.5 Å². The molecule has 0 fully saturated rings. The number of anilines is 1. The highest BCUT2D eigenvalue weighted by Gasteiger charge is 2.28. The molecule has 0 aliphatic carbocycles. The van der Waals surface area contributed by atoms with Gasteiger partial charge in [0.25, 0.3) is 0 Å². The van der Waals surface area contributed by atoms with E-state index in [1.807, 2.05) is 0 Å². The fourth-order valence-corrected chi connectivity index (χ4v) is 1.06. The highest BCUT2D eigenvalue weighted by molar-refractivity contribution is 5.60. The number of terminal acetylenes is 1. The molecule has 0 amide bonds. The Morgan fingerprint density at radius 3 is 2.71 bits per heavy atom. The van der Waals surface area contributed by atoms with E-state index in [9.17, 15) is 10.1 Å². The molecular weight excluding hydrogens is 224 g/mol. The van der Waals surface area contributed by atoms with Gasteiger partial charge in [-0.3, -0.25) is 10.1 Å². The maximum atomic E-state index is 10.9. The van der Waals surface area contributed by atoms with Gasteiger partial charge < -0.3 is 10.1 Å². The Labute approximate surface area is 98.4 Å². The van der Waals surface area contributed by atoms with E-state index in [1.165, 1.54) is 13.4 Å². The molecule has 0 unspecified atom stereocenters. The van der Waals surface area contributed by atoms with Crippen LogP contribution in [0.1, 0.15) is 13.8 Å². The Bertz CT molecular complexity index is 479. The Kier molecular flexibility index (Phi) is 3.48. The fraction of sp³-hybridized carbons (Fsp3) is 0.400. The van der Waals surface area contributed by atoms with Gasteiger partial charge in [0, 0.05) is 7.05 Å². The largest absolute Gasteiger partial charge is 0.453 e. The quantitative estimate of drug-likeness (QED) is 0.480. The smallest absolute Gasteiger partial charge is 0.372 e. The van der Waals surface area contributed by atoms with Gasteiger partial charge in [-0.25, -0.2) is 4.98 Å². The molecule has 7 nitrogen and oxygen atoms in total. The molecular formula is C10H12N4O3. The van der Waals surface area contributed by atoms with Crippen LogP contribution in [0.15, 0.2) is 6.33 Å². The summed E-state index contributed by atoms with van der Waals surface area (Å²) in [5.74, 6) is 2.29. The molecule has 90 valence electrons. The van der Waals surface area contributed by atoms with Crippen molar-refractivity contribution < 1.29 is 9.66 Å². The number of hydrogen-bond donors (Lipinski definition) is 1. The van der Waals surface area contributed by atoms with Crippen molar-refractivity contribution >= 4 is 11.5 Å². The Morgan fingerprint density at radius 2 is 2.24 bits per heavy atom. The number of aromatic nitrogens is 2. The molecule has 0 aliphatic rings. The first kappa shape index (κ1) is 12.7. The molecule has 1 aromatic rings. The lowest BCUT2D eigenvalue weighted by Crippen LogP contribution is -2.26. The SMILES string of the molecule is C#CC(C)(C)Oc1ncnc(NC)c1[N+](=O)[O-]. The van der Waals surface area contributed by atoms with Gasteiger partial charge in [-0.15, -0.1) is 6.42 Å². The van der Waals surface area contributed by atoms with Crippen LogP contribution in [0, 0.1) is 22.5 Å². The van der Waals surface area contributed by atoms with Crippen molar-refractivity contribution in [2.45, 2.75) is 19.4 Å². The number of nitrogens with one attached hydrogen (secondary N) is 1. The average Bonchev–Trinajstić information content (AvgIpc) is 2.27. The van der Waals surface area contributed by atoms with Gasteiger partial charge >= 0.3 is 11.6 Å². The van der Waals surface area contributed by atoms with Crippen molar-refractivity contribution in [1.29, 1.82) is 0 Å². The molecule has 7 heteroatoms. The lowest BCUT2D eigenvalue weighted by atomic mass is 10.1. The molecule has 0 radical (unpaired) electrons. The van der Waals surface area contributed by atoms with Gasteiger partial charge in [0.05, 0.1) is 4.92 Å². The van der Waals surface area contributed by atoms with Crippen molar-refractivity contribution in [2.75, 3.05) is 12.4 Å². The molecule has 1 aromatic heterocycles. The molecule has 0 saturated carbocycles. The van der Waals surface area contributed by atoms with Crippen LogP contribution in [0.3, 0.4) is 0 Å². The van der Waals surface area contributed by atoms with E-state index in [4.69, 9.17) is 11.2 Å². The highest BCUT2D eigenvalue weighted by atomic mass is 16.6. The van der Waals surface area contributed by atoms with E-state index >= 15 is 0 Å². The maximum absolute atomic E-state index is 10.9. The van der Waals surface area contributed by atoms with E-state index in [-0.39, 0.29) is 17.4 Å². The van der Waals surface area contributed by atoms with Gasteiger partial charge in [0.15, 0.2) is 5.60 Å². The number of nitro groups is 1. The molecule has 0 saturated heterocycles. The second-order valence-corrected chi connectivity index (χ2v) is 3.64. The molecule has 0 atom stereocenters. The number of nitrogens with zero attached hydrogens (tertiary/aromatic N) is 3. The lowest BCUT2D eigenvalue weighted by Gasteiger charge is -2.19. The van der Waals surface area contributed by atoms with Crippen molar-refractivity contribution in [1.82, 2.24) is 9.97 Å². The van der Waals surface area contributed by atoms with Crippen molar-refractivity contribution in [3.05, 3.63) is 16.4 Å². The zero-order valence-corrected chi connectivity index (χ0v) is 9.72. The minimum absolute atomic E-state index is 0.0767. The Hall–Kier alpha value is -2.36. The van der Waals surface area contributed by atoms with Crippen molar-refractivity contribution in [3.63, 3.8) is 0 Å². The summed E-state index contributed by atoms with van der Waals surface area (Å²) in [5, 5.41) is 13.5. The highest BCUT2D eigenvalue weighted by Crippen LogP contribution is 2.32. The third kappa shape index (κ3) is 2.81. The first-order chi connectivity index (χ1) is 7.91. The third-order valence-corrected chi connectivity index (χ3v) is 1.91. The summed E-state index contributed by atoms with van der Waals surface area (Å²) in [4.78, 5) is 17.8. The van der Waals surface area contributed by atoms with E-state index in [1.54, 1.807) is 13.8 Å². The summed E-state index contributed by atoms with van der Waals surface area (Å²) in [6.07, 6.45) is 6.41. The number of ether oxygens (including phenoxy) is 1. The molecule has 1 rings (SSSR count). The number of rotatable bonds is 4. The molecule has 1 N–H and O–H groups in total. The van der Waals surface area contributed by atoms with Crippen LogP contribution >= 0.6 is 0 Å². The average molecular weight is 236 g/mol. The van der Waals surface area contributed by atoms with Gasteiger partial charge in [-0.2, -0.15) is 4.98 Å². The van der Waals surface area contributed by atoms with Crippen LogP contribution in [-0.4, -0.2) is 27.5 Å². The molecule has 0 aromatic carbocycles. The first-order valence-corrected chi connectivity index (χ1v) is 4.75. The molecule has 0 aliphatic heterocycles.